The van der Waals surface area contributed by atoms with E-state index in [9.17, 15) is 14.4 Å². The van der Waals surface area contributed by atoms with Gasteiger partial charge in [0.25, 0.3) is 5.91 Å². The van der Waals surface area contributed by atoms with Gasteiger partial charge in [0.05, 0.1) is 5.56 Å². The van der Waals surface area contributed by atoms with Crippen LogP contribution in [0.5, 0.6) is 0 Å². The van der Waals surface area contributed by atoms with Crippen LogP contribution in [0.1, 0.15) is 17.3 Å². The van der Waals surface area contributed by atoms with Crippen molar-refractivity contribution in [1.82, 2.24) is 9.80 Å². The van der Waals surface area contributed by atoms with E-state index in [-0.39, 0.29) is 18.4 Å². The number of piperazine rings is 1. The standard InChI is InChI=1S/C23H22N2O4/c1-16(26)24-10-12-25(13-11-24)21(27)15-29-23(28)22-19-8-4-2-6-17(19)14-18-7-3-5-9-20(18)22/h2-9,14H,10-13,15H2,1H3. The van der Waals surface area contributed by atoms with E-state index in [2.05, 4.69) is 0 Å². The number of carbonyl (C=O) groups excluding carboxylic acids is 3. The van der Waals surface area contributed by atoms with Gasteiger partial charge in [0, 0.05) is 33.1 Å². The Morgan fingerprint density at radius 3 is 1.90 bits per heavy atom. The molecule has 4 rings (SSSR count). The molecular formula is C23H22N2O4. The number of amides is 2. The van der Waals surface area contributed by atoms with E-state index in [0.717, 1.165) is 21.5 Å². The summed E-state index contributed by atoms with van der Waals surface area (Å²) in [6.07, 6.45) is 0. The molecule has 2 amide bonds. The molecule has 1 aliphatic heterocycles. The molecule has 6 heteroatoms. The molecule has 3 aromatic rings. The number of hydrogen-bond donors (Lipinski definition) is 0. The van der Waals surface area contributed by atoms with Gasteiger partial charge < -0.3 is 14.5 Å². The molecule has 1 aliphatic rings. The van der Waals surface area contributed by atoms with Gasteiger partial charge in [-0.05, 0) is 27.6 Å². The molecular weight excluding hydrogens is 368 g/mol. The van der Waals surface area contributed by atoms with Crippen LogP contribution in [0.2, 0.25) is 0 Å². The molecule has 0 aliphatic carbocycles. The smallest absolute Gasteiger partial charge is 0.339 e. The molecule has 3 aromatic carbocycles. The quantitative estimate of drug-likeness (QED) is 0.510. The number of rotatable bonds is 3. The fourth-order valence-electron chi connectivity index (χ4n) is 3.80. The molecule has 1 fully saturated rings. The molecule has 0 radical (unpaired) electrons. The van der Waals surface area contributed by atoms with Gasteiger partial charge in [-0.2, -0.15) is 0 Å². The van der Waals surface area contributed by atoms with Crippen molar-refractivity contribution in [1.29, 1.82) is 0 Å². The first-order valence-electron chi connectivity index (χ1n) is 9.65. The number of carbonyl (C=O) groups is 3. The highest BCUT2D eigenvalue weighted by molar-refractivity contribution is 6.16. The first-order chi connectivity index (χ1) is 14.0. The Kier molecular flexibility index (Phi) is 5.16. The van der Waals surface area contributed by atoms with Crippen LogP contribution in [-0.2, 0) is 14.3 Å². The summed E-state index contributed by atoms with van der Waals surface area (Å²) in [5.41, 5.74) is 0.480. The zero-order valence-electron chi connectivity index (χ0n) is 16.3. The summed E-state index contributed by atoms with van der Waals surface area (Å²) in [6, 6.07) is 17.4. The lowest BCUT2D eigenvalue weighted by Gasteiger charge is -2.34. The number of esters is 1. The van der Waals surface area contributed by atoms with Crippen LogP contribution < -0.4 is 0 Å². The Labute approximate surface area is 168 Å². The molecule has 1 saturated heterocycles. The summed E-state index contributed by atoms with van der Waals surface area (Å²) in [4.78, 5) is 40.2. The van der Waals surface area contributed by atoms with E-state index in [0.29, 0.717) is 31.7 Å². The predicted octanol–water partition coefficient (Wildman–Crippen LogP) is 2.84. The molecule has 0 N–H and O–H groups in total. The highest BCUT2D eigenvalue weighted by Gasteiger charge is 2.24. The van der Waals surface area contributed by atoms with E-state index in [1.54, 1.807) is 9.80 Å². The minimum absolute atomic E-state index is 0.00589. The number of hydrogen-bond acceptors (Lipinski definition) is 4. The lowest BCUT2D eigenvalue weighted by atomic mass is 9.97. The third-order valence-corrected chi connectivity index (χ3v) is 5.38. The highest BCUT2D eigenvalue weighted by Crippen LogP contribution is 2.29. The molecule has 0 saturated carbocycles. The van der Waals surface area contributed by atoms with Crippen LogP contribution in [0.3, 0.4) is 0 Å². The largest absolute Gasteiger partial charge is 0.452 e. The van der Waals surface area contributed by atoms with E-state index < -0.39 is 5.97 Å². The zero-order valence-corrected chi connectivity index (χ0v) is 16.3. The Morgan fingerprint density at radius 2 is 1.34 bits per heavy atom. The molecule has 6 nitrogen and oxygen atoms in total. The maximum Gasteiger partial charge on any atom is 0.339 e. The van der Waals surface area contributed by atoms with Crippen molar-refractivity contribution >= 4 is 39.3 Å². The Morgan fingerprint density at radius 1 is 0.828 bits per heavy atom. The summed E-state index contributed by atoms with van der Waals surface area (Å²) in [7, 11) is 0. The second-order valence-corrected chi connectivity index (χ2v) is 7.16. The van der Waals surface area contributed by atoms with Crippen LogP contribution in [0.25, 0.3) is 21.5 Å². The van der Waals surface area contributed by atoms with Gasteiger partial charge in [0.1, 0.15) is 0 Å². The lowest BCUT2D eigenvalue weighted by molar-refractivity contribution is -0.140. The SMILES string of the molecule is CC(=O)N1CCN(C(=O)COC(=O)c2c3ccccc3cc3ccccc23)CC1. The minimum Gasteiger partial charge on any atom is -0.452 e. The van der Waals surface area contributed by atoms with Gasteiger partial charge in [-0.25, -0.2) is 4.79 Å². The molecule has 1 heterocycles. The fourth-order valence-corrected chi connectivity index (χ4v) is 3.80. The van der Waals surface area contributed by atoms with Crippen LogP contribution in [0.15, 0.2) is 54.6 Å². The van der Waals surface area contributed by atoms with E-state index in [1.807, 2.05) is 54.6 Å². The monoisotopic (exact) mass is 390 g/mol. The molecule has 0 aromatic heterocycles. The van der Waals surface area contributed by atoms with Crippen molar-refractivity contribution in [3.8, 4) is 0 Å². The van der Waals surface area contributed by atoms with Crippen LogP contribution in [0, 0.1) is 0 Å². The van der Waals surface area contributed by atoms with E-state index in [1.165, 1.54) is 6.92 Å². The maximum absolute atomic E-state index is 13.0. The first kappa shape index (κ1) is 18.9. The van der Waals surface area contributed by atoms with E-state index >= 15 is 0 Å². The Bertz CT molecular complexity index is 1050. The maximum atomic E-state index is 13.0. The molecule has 0 bridgehead atoms. The average Bonchev–Trinajstić information content (AvgIpc) is 2.75. The van der Waals surface area contributed by atoms with Gasteiger partial charge in [-0.15, -0.1) is 0 Å². The summed E-state index contributed by atoms with van der Waals surface area (Å²) in [5, 5.41) is 3.51. The van der Waals surface area contributed by atoms with Gasteiger partial charge in [-0.3, -0.25) is 9.59 Å². The summed E-state index contributed by atoms with van der Waals surface area (Å²) in [6.45, 7) is 3.12. The van der Waals surface area contributed by atoms with Crippen molar-refractivity contribution in [2.24, 2.45) is 0 Å². The van der Waals surface area contributed by atoms with Crippen molar-refractivity contribution in [2.75, 3.05) is 32.8 Å². The Balaban J connectivity index is 1.52. The molecule has 0 spiro atoms. The topological polar surface area (TPSA) is 66.9 Å². The predicted molar refractivity (Wildman–Crippen MR) is 111 cm³/mol. The van der Waals surface area contributed by atoms with Gasteiger partial charge >= 0.3 is 5.97 Å². The van der Waals surface area contributed by atoms with Crippen LogP contribution >= 0.6 is 0 Å². The van der Waals surface area contributed by atoms with Crippen molar-refractivity contribution in [2.45, 2.75) is 6.92 Å². The summed E-state index contributed by atoms with van der Waals surface area (Å²) >= 11 is 0. The average molecular weight is 390 g/mol. The molecule has 29 heavy (non-hydrogen) atoms. The first-order valence-corrected chi connectivity index (χ1v) is 9.65. The van der Waals surface area contributed by atoms with Gasteiger partial charge in [0.2, 0.25) is 5.91 Å². The van der Waals surface area contributed by atoms with Crippen LogP contribution in [0.4, 0.5) is 0 Å². The third kappa shape index (κ3) is 3.78. The fraction of sp³-hybridized carbons (Fsp3) is 0.261. The van der Waals surface area contributed by atoms with Crippen molar-refractivity contribution in [3.63, 3.8) is 0 Å². The van der Waals surface area contributed by atoms with E-state index in [4.69, 9.17) is 4.74 Å². The zero-order chi connectivity index (χ0) is 20.4. The number of benzene rings is 3. The number of nitrogens with zero attached hydrogens (tertiary/aromatic N) is 2. The summed E-state index contributed by atoms with van der Waals surface area (Å²) < 4.78 is 5.42. The Hall–Kier alpha value is -3.41. The van der Waals surface area contributed by atoms with Gasteiger partial charge in [-0.1, -0.05) is 48.5 Å². The van der Waals surface area contributed by atoms with Gasteiger partial charge in [0.15, 0.2) is 6.61 Å². The second-order valence-electron chi connectivity index (χ2n) is 7.16. The summed E-state index contributed by atoms with van der Waals surface area (Å²) in [5.74, 6) is -0.744. The molecule has 148 valence electrons. The van der Waals surface area contributed by atoms with Crippen molar-refractivity contribution < 1.29 is 19.1 Å². The number of ether oxygens (including phenoxy) is 1. The third-order valence-electron chi connectivity index (χ3n) is 5.38. The number of fused-ring (bicyclic) bond motifs is 2. The lowest BCUT2D eigenvalue weighted by Crippen LogP contribution is -2.51. The van der Waals surface area contributed by atoms with Crippen molar-refractivity contribution in [3.05, 3.63) is 60.2 Å². The molecule has 0 unspecified atom stereocenters. The highest BCUT2D eigenvalue weighted by atomic mass is 16.5. The van der Waals surface area contributed by atoms with Crippen LogP contribution in [-0.4, -0.2) is 60.4 Å². The normalized spacial score (nSPS) is 14.2. The minimum atomic E-state index is -0.506. The molecule has 0 atom stereocenters. The second kappa shape index (κ2) is 7.91.